The fourth-order valence-corrected chi connectivity index (χ4v) is 3.06. The van der Waals surface area contributed by atoms with Gasteiger partial charge in [0.2, 0.25) is 0 Å². The molecule has 0 saturated carbocycles. The molecule has 2 aromatic carbocycles. The molecule has 2 atom stereocenters. The SMILES string of the molecule is N#Cc1ccc([C@H]2C[C@@H](O)CCN2C(=O)OCc2ccccc2)cc1. The lowest BCUT2D eigenvalue weighted by atomic mass is 9.93. The summed E-state index contributed by atoms with van der Waals surface area (Å²) in [6.07, 6.45) is 0.170. The van der Waals surface area contributed by atoms with Gasteiger partial charge >= 0.3 is 6.09 Å². The standard InChI is InChI=1S/C20H20N2O3/c21-13-15-6-8-17(9-7-15)19-12-18(23)10-11-22(19)20(24)25-14-16-4-2-1-3-5-16/h1-9,18-19,23H,10-12,14H2/t18-,19+/m0/s1. The Morgan fingerprint density at radius 2 is 1.92 bits per heavy atom. The molecule has 1 aliphatic rings. The van der Waals surface area contributed by atoms with Crippen molar-refractivity contribution in [3.8, 4) is 6.07 Å². The minimum atomic E-state index is -0.446. The highest BCUT2D eigenvalue weighted by atomic mass is 16.6. The van der Waals surface area contributed by atoms with E-state index in [4.69, 9.17) is 10.00 Å². The smallest absolute Gasteiger partial charge is 0.410 e. The zero-order valence-corrected chi connectivity index (χ0v) is 13.8. The average molecular weight is 336 g/mol. The van der Waals surface area contributed by atoms with Crippen LogP contribution >= 0.6 is 0 Å². The van der Waals surface area contributed by atoms with E-state index in [1.54, 1.807) is 17.0 Å². The predicted molar refractivity (Wildman–Crippen MR) is 92.5 cm³/mol. The number of nitriles is 1. The molecule has 0 spiro atoms. The van der Waals surface area contributed by atoms with E-state index >= 15 is 0 Å². The number of amides is 1. The number of hydrogen-bond acceptors (Lipinski definition) is 4. The van der Waals surface area contributed by atoms with Crippen molar-refractivity contribution in [3.63, 3.8) is 0 Å². The Kier molecular flexibility index (Phi) is 5.32. The Hall–Kier alpha value is -2.84. The van der Waals surface area contributed by atoms with Gasteiger partial charge in [0.15, 0.2) is 0 Å². The van der Waals surface area contributed by atoms with Gasteiger partial charge in [0, 0.05) is 6.54 Å². The van der Waals surface area contributed by atoms with Crippen LogP contribution in [0.3, 0.4) is 0 Å². The first-order valence-electron chi connectivity index (χ1n) is 8.33. The molecule has 0 aliphatic carbocycles. The van der Waals surface area contributed by atoms with Gasteiger partial charge in [-0.2, -0.15) is 5.26 Å². The second-order valence-electron chi connectivity index (χ2n) is 6.16. The first-order chi connectivity index (χ1) is 12.2. The lowest BCUT2D eigenvalue weighted by Gasteiger charge is -2.37. The molecule has 1 aliphatic heterocycles. The molecule has 1 amide bonds. The van der Waals surface area contributed by atoms with Crippen LogP contribution in [0.5, 0.6) is 0 Å². The molecular formula is C20H20N2O3. The van der Waals surface area contributed by atoms with E-state index in [-0.39, 0.29) is 18.7 Å². The van der Waals surface area contributed by atoms with Crippen LogP contribution in [0.4, 0.5) is 4.79 Å². The van der Waals surface area contributed by atoms with Crippen LogP contribution < -0.4 is 0 Å². The highest BCUT2D eigenvalue weighted by molar-refractivity contribution is 5.68. The summed E-state index contributed by atoms with van der Waals surface area (Å²) in [7, 11) is 0. The minimum Gasteiger partial charge on any atom is -0.445 e. The van der Waals surface area contributed by atoms with Crippen molar-refractivity contribution in [3.05, 3.63) is 71.3 Å². The second kappa shape index (κ2) is 7.82. The van der Waals surface area contributed by atoms with E-state index < -0.39 is 6.10 Å². The Bertz CT molecular complexity index is 753. The molecule has 1 saturated heterocycles. The third kappa shape index (κ3) is 4.17. The second-order valence-corrected chi connectivity index (χ2v) is 6.16. The summed E-state index contributed by atoms with van der Waals surface area (Å²) in [5.74, 6) is 0. The maximum absolute atomic E-state index is 12.6. The van der Waals surface area contributed by atoms with Gasteiger partial charge in [-0.15, -0.1) is 0 Å². The molecule has 1 N–H and O–H groups in total. The Morgan fingerprint density at radius 1 is 1.20 bits per heavy atom. The number of carbonyl (C=O) groups is 1. The molecule has 0 radical (unpaired) electrons. The number of aliphatic hydroxyl groups is 1. The fourth-order valence-electron chi connectivity index (χ4n) is 3.06. The van der Waals surface area contributed by atoms with Gasteiger partial charge in [-0.05, 0) is 36.1 Å². The highest BCUT2D eigenvalue weighted by Gasteiger charge is 2.32. The molecule has 5 nitrogen and oxygen atoms in total. The zero-order valence-electron chi connectivity index (χ0n) is 13.8. The van der Waals surface area contributed by atoms with Crippen molar-refractivity contribution in [2.45, 2.75) is 31.6 Å². The molecule has 128 valence electrons. The number of likely N-dealkylation sites (tertiary alicyclic amines) is 1. The summed E-state index contributed by atoms with van der Waals surface area (Å²) in [5, 5.41) is 18.9. The van der Waals surface area contributed by atoms with Crippen LogP contribution in [0.2, 0.25) is 0 Å². The Balaban J connectivity index is 1.72. The van der Waals surface area contributed by atoms with Gasteiger partial charge < -0.3 is 14.7 Å². The van der Waals surface area contributed by atoms with Crippen LogP contribution in [-0.2, 0) is 11.3 Å². The molecular weight excluding hydrogens is 316 g/mol. The topological polar surface area (TPSA) is 73.6 Å². The van der Waals surface area contributed by atoms with Crippen LogP contribution in [0, 0.1) is 11.3 Å². The molecule has 3 rings (SSSR count). The predicted octanol–water partition coefficient (Wildman–Crippen LogP) is 3.39. The van der Waals surface area contributed by atoms with Crippen molar-refractivity contribution in [2.24, 2.45) is 0 Å². The maximum Gasteiger partial charge on any atom is 0.410 e. The molecule has 0 unspecified atom stereocenters. The third-order valence-electron chi connectivity index (χ3n) is 4.44. The van der Waals surface area contributed by atoms with E-state index in [9.17, 15) is 9.90 Å². The molecule has 5 heteroatoms. The zero-order chi connectivity index (χ0) is 17.6. The number of nitrogens with zero attached hydrogens (tertiary/aromatic N) is 2. The lowest BCUT2D eigenvalue weighted by Crippen LogP contribution is -2.42. The van der Waals surface area contributed by atoms with Gasteiger partial charge in [-0.25, -0.2) is 4.79 Å². The van der Waals surface area contributed by atoms with Crippen LogP contribution in [0.1, 0.15) is 35.6 Å². The number of aliphatic hydroxyl groups excluding tert-OH is 1. The van der Waals surface area contributed by atoms with Crippen molar-refractivity contribution < 1.29 is 14.6 Å². The molecule has 1 heterocycles. The van der Waals surface area contributed by atoms with Gasteiger partial charge in [0.25, 0.3) is 0 Å². The monoisotopic (exact) mass is 336 g/mol. The molecule has 0 aromatic heterocycles. The van der Waals surface area contributed by atoms with Crippen molar-refractivity contribution in [1.82, 2.24) is 4.90 Å². The lowest BCUT2D eigenvalue weighted by molar-refractivity contribution is 0.0259. The third-order valence-corrected chi connectivity index (χ3v) is 4.44. The largest absolute Gasteiger partial charge is 0.445 e. The van der Waals surface area contributed by atoms with E-state index in [0.29, 0.717) is 24.9 Å². The van der Waals surface area contributed by atoms with E-state index in [1.807, 2.05) is 42.5 Å². The minimum absolute atomic E-state index is 0.221. The quantitative estimate of drug-likeness (QED) is 0.932. The summed E-state index contributed by atoms with van der Waals surface area (Å²) >= 11 is 0. The number of piperidine rings is 1. The Labute approximate surface area is 147 Å². The van der Waals surface area contributed by atoms with E-state index in [1.165, 1.54) is 0 Å². The number of benzene rings is 2. The van der Waals surface area contributed by atoms with Crippen molar-refractivity contribution >= 4 is 6.09 Å². The van der Waals surface area contributed by atoms with Crippen LogP contribution in [0.25, 0.3) is 0 Å². The first kappa shape index (κ1) is 17.0. The average Bonchev–Trinajstić information content (AvgIpc) is 2.67. The summed E-state index contributed by atoms with van der Waals surface area (Å²) in [5.41, 5.74) is 2.40. The van der Waals surface area contributed by atoms with Crippen LogP contribution in [-0.4, -0.2) is 28.7 Å². The summed E-state index contributed by atoms with van der Waals surface area (Å²) in [6, 6.07) is 18.5. The molecule has 1 fully saturated rings. The number of hydrogen-bond donors (Lipinski definition) is 1. The van der Waals surface area contributed by atoms with E-state index in [0.717, 1.165) is 11.1 Å². The molecule has 25 heavy (non-hydrogen) atoms. The van der Waals surface area contributed by atoms with Crippen molar-refractivity contribution in [1.29, 1.82) is 5.26 Å². The highest BCUT2D eigenvalue weighted by Crippen LogP contribution is 2.32. The normalized spacial score (nSPS) is 19.9. The van der Waals surface area contributed by atoms with Gasteiger partial charge in [-0.1, -0.05) is 42.5 Å². The number of ether oxygens (including phenoxy) is 1. The number of rotatable bonds is 3. The maximum atomic E-state index is 12.6. The van der Waals surface area contributed by atoms with Gasteiger partial charge in [-0.3, -0.25) is 0 Å². The summed E-state index contributed by atoms with van der Waals surface area (Å²) < 4.78 is 5.45. The number of carbonyl (C=O) groups excluding carboxylic acids is 1. The van der Waals surface area contributed by atoms with E-state index in [2.05, 4.69) is 6.07 Å². The van der Waals surface area contributed by atoms with Crippen molar-refractivity contribution in [2.75, 3.05) is 6.54 Å². The first-order valence-corrected chi connectivity index (χ1v) is 8.33. The Morgan fingerprint density at radius 3 is 2.60 bits per heavy atom. The van der Waals surface area contributed by atoms with Crippen LogP contribution in [0.15, 0.2) is 54.6 Å². The fraction of sp³-hybridized carbons (Fsp3) is 0.300. The summed E-state index contributed by atoms with van der Waals surface area (Å²) in [4.78, 5) is 14.2. The summed E-state index contributed by atoms with van der Waals surface area (Å²) in [6.45, 7) is 0.665. The van der Waals surface area contributed by atoms with Gasteiger partial charge in [0.1, 0.15) is 6.61 Å². The van der Waals surface area contributed by atoms with Gasteiger partial charge in [0.05, 0.1) is 23.8 Å². The molecule has 0 bridgehead atoms. The molecule has 2 aromatic rings.